The quantitative estimate of drug-likeness (QED) is 0.866. The minimum atomic E-state index is -0.346. The average molecular weight is 370 g/mol. The van der Waals surface area contributed by atoms with Crippen molar-refractivity contribution in [3.8, 4) is 0 Å². The molecule has 0 radical (unpaired) electrons. The van der Waals surface area contributed by atoms with Crippen molar-refractivity contribution in [2.24, 2.45) is 5.92 Å². The Labute approximate surface area is 154 Å². The summed E-state index contributed by atoms with van der Waals surface area (Å²) in [5.74, 6) is -0.0921. The molecule has 0 aliphatic carbocycles. The third-order valence-electron chi connectivity index (χ3n) is 4.87. The third kappa shape index (κ3) is 4.92. The molecule has 0 saturated carbocycles. The second kappa shape index (κ2) is 9.15. The summed E-state index contributed by atoms with van der Waals surface area (Å²) in [6.07, 6.45) is 2.57. The van der Waals surface area contributed by atoms with Gasteiger partial charge in [-0.2, -0.15) is 0 Å². The highest BCUT2D eigenvalue weighted by atomic mass is 35.5. The Bertz CT molecular complexity index is 590. The highest BCUT2D eigenvalue weighted by molar-refractivity contribution is 5.94. The average Bonchev–Trinajstić information content (AvgIpc) is 2.88. The highest BCUT2D eigenvalue weighted by Gasteiger charge is 2.28. The van der Waals surface area contributed by atoms with Crippen LogP contribution in [0.4, 0.5) is 4.39 Å². The molecular weight excluding hydrogens is 345 g/mol. The molecule has 0 spiro atoms. The first kappa shape index (κ1) is 19.7. The zero-order valence-electron chi connectivity index (χ0n) is 14.2. The smallest absolute Gasteiger partial charge is 0.253 e. The Morgan fingerprint density at radius 2 is 1.56 bits per heavy atom. The fourth-order valence-electron chi connectivity index (χ4n) is 3.44. The monoisotopic (exact) mass is 369 g/mol. The van der Waals surface area contributed by atoms with Crippen molar-refractivity contribution < 1.29 is 14.0 Å². The van der Waals surface area contributed by atoms with Gasteiger partial charge < -0.3 is 15.1 Å². The first-order valence-corrected chi connectivity index (χ1v) is 8.69. The summed E-state index contributed by atoms with van der Waals surface area (Å²) >= 11 is 0. The highest BCUT2D eigenvalue weighted by Crippen LogP contribution is 2.17. The van der Waals surface area contributed by atoms with Gasteiger partial charge >= 0.3 is 0 Å². The molecule has 1 aromatic carbocycles. The van der Waals surface area contributed by atoms with Crippen LogP contribution in [0.3, 0.4) is 0 Å². The number of piperidine rings is 1. The summed E-state index contributed by atoms with van der Waals surface area (Å²) in [7, 11) is 0. The number of hydrogen-bond donors (Lipinski definition) is 1. The lowest BCUT2D eigenvalue weighted by molar-refractivity contribution is -0.136. The molecular formula is C18H25ClFN3O2. The van der Waals surface area contributed by atoms with E-state index in [0.717, 1.165) is 32.4 Å². The lowest BCUT2D eigenvalue weighted by atomic mass is 9.96. The van der Waals surface area contributed by atoms with Crippen molar-refractivity contribution >= 4 is 24.2 Å². The zero-order chi connectivity index (χ0) is 16.9. The van der Waals surface area contributed by atoms with Crippen LogP contribution in [0.15, 0.2) is 24.3 Å². The van der Waals surface area contributed by atoms with Gasteiger partial charge in [0.1, 0.15) is 5.82 Å². The maximum Gasteiger partial charge on any atom is 0.253 e. The van der Waals surface area contributed by atoms with Gasteiger partial charge in [0.05, 0.1) is 0 Å². The third-order valence-corrected chi connectivity index (χ3v) is 4.87. The summed E-state index contributed by atoms with van der Waals surface area (Å²) < 4.78 is 13.0. The van der Waals surface area contributed by atoms with Gasteiger partial charge in [-0.25, -0.2) is 4.39 Å². The fourth-order valence-corrected chi connectivity index (χ4v) is 3.44. The largest absolute Gasteiger partial charge is 0.341 e. The summed E-state index contributed by atoms with van der Waals surface area (Å²) in [4.78, 5) is 28.9. The van der Waals surface area contributed by atoms with Crippen LogP contribution in [0.2, 0.25) is 0 Å². The van der Waals surface area contributed by atoms with Crippen molar-refractivity contribution in [2.75, 3.05) is 39.3 Å². The minimum Gasteiger partial charge on any atom is -0.341 e. The fraction of sp³-hybridized carbons (Fsp3) is 0.556. The molecule has 7 heteroatoms. The van der Waals surface area contributed by atoms with Gasteiger partial charge in [-0.15, -0.1) is 12.4 Å². The van der Waals surface area contributed by atoms with E-state index >= 15 is 0 Å². The van der Waals surface area contributed by atoms with E-state index in [1.54, 1.807) is 4.90 Å². The number of rotatable bonds is 2. The van der Waals surface area contributed by atoms with Crippen LogP contribution < -0.4 is 5.32 Å². The van der Waals surface area contributed by atoms with E-state index in [2.05, 4.69) is 5.32 Å². The van der Waals surface area contributed by atoms with E-state index < -0.39 is 0 Å². The van der Waals surface area contributed by atoms with Gasteiger partial charge in [-0.05, 0) is 56.6 Å². The molecule has 0 aromatic heterocycles. The van der Waals surface area contributed by atoms with E-state index in [1.165, 1.54) is 24.3 Å². The second-order valence-electron chi connectivity index (χ2n) is 6.50. The van der Waals surface area contributed by atoms with Crippen molar-refractivity contribution in [1.29, 1.82) is 0 Å². The zero-order valence-corrected chi connectivity index (χ0v) is 15.1. The molecule has 0 unspecified atom stereocenters. The molecule has 2 fully saturated rings. The molecule has 1 N–H and O–H groups in total. The summed E-state index contributed by atoms with van der Waals surface area (Å²) in [6, 6.07) is 5.64. The van der Waals surface area contributed by atoms with Gasteiger partial charge in [0.15, 0.2) is 0 Å². The molecule has 2 aliphatic rings. The molecule has 0 atom stereocenters. The van der Waals surface area contributed by atoms with Gasteiger partial charge in [0, 0.05) is 37.7 Å². The van der Waals surface area contributed by atoms with Crippen molar-refractivity contribution in [1.82, 2.24) is 15.1 Å². The lowest BCUT2D eigenvalue weighted by Crippen LogP contribution is -2.43. The van der Waals surface area contributed by atoms with Gasteiger partial charge in [0.2, 0.25) is 5.91 Å². The molecule has 0 bridgehead atoms. The van der Waals surface area contributed by atoms with Crippen LogP contribution in [-0.2, 0) is 4.79 Å². The first-order valence-electron chi connectivity index (χ1n) is 8.69. The molecule has 2 aliphatic heterocycles. The van der Waals surface area contributed by atoms with E-state index in [1.807, 2.05) is 4.90 Å². The Balaban J connectivity index is 0.00000225. The van der Waals surface area contributed by atoms with Crippen LogP contribution in [0, 0.1) is 11.7 Å². The maximum absolute atomic E-state index is 13.0. The normalized spacial score (nSPS) is 19.1. The molecule has 1 aromatic rings. The Morgan fingerprint density at radius 3 is 2.24 bits per heavy atom. The molecule has 2 amide bonds. The SMILES string of the molecule is Cl.O=C(c1ccc(F)cc1)N1CCCN(C(=O)C2CCNCC2)CC1. The Morgan fingerprint density at radius 1 is 0.960 bits per heavy atom. The predicted molar refractivity (Wildman–Crippen MR) is 96.3 cm³/mol. The Kier molecular flexibility index (Phi) is 7.20. The van der Waals surface area contributed by atoms with E-state index in [9.17, 15) is 14.0 Å². The second-order valence-corrected chi connectivity index (χ2v) is 6.50. The molecule has 5 nitrogen and oxygen atoms in total. The molecule has 2 saturated heterocycles. The number of amides is 2. The van der Waals surface area contributed by atoms with Crippen LogP contribution >= 0.6 is 12.4 Å². The topological polar surface area (TPSA) is 52.7 Å². The van der Waals surface area contributed by atoms with Gasteiger partial charge in [0.25, 0.3) is 5.91 Å². The Hall–Kier alpha value is -1.66. The summed E-state index contributed by atoms with van der Waals surface area (Å²) in [6.45, 7) is 4.25. The van der Waals surface area contributed by atoms with Crippen molar-refractivity contribution in [3.63, 3.8) is 0 Å². The molecule has 138 valence electrons. The number of nitrogens with one attached hydrogen (secondary N) is 1. The molecule has 25 heavy (non-hydrogen) atoms. The first-order chi connectivity index (χ1) is 11.6. The van der Waals surface area contributed by atoms with Crippen LogP contribution in [0.25, 0.3) is 0 Å². The van der Waals surface area contributed by atoms with Crippen molar-refractivity contribution in [3.05, 3.63) is 35.6 Å². The van der Waals surface area contributed by atoms with Gasteiger partial charge in [-0.1, -0.05) is 0 Å². The van der Waals surface area contributed by atoms with Gasteiger partial charge in [-0.3, -0.25) is 9.59 Å². The van der Waals surface area contributed by atoms with E-state index in [0.29, 0.717) is 31.7 Å². The number of carbonyl (C=O) groups excluding carboxylic acids is 2. The minimum absolute atomic E-state index is 0. The number of carbonyl (C=O) groups is 2. The summed E-state index contributed by atoms with van der Waals surface area (Å²) in [5, 5.41) is 3.28. The summed E-state index contributed by atoms with van der Waals surface area (Å²) in [5.41, 5.74) is 0.495. The number of nitrogens with zero attached hydrogens (tertiary/aromatic N) is 2. The van der Waals surface area contributed by atoms with Crippen LogP contribution in [-0.4, -0.2) is 60.9 Å². The standard InChI is InChI=1S/C18H24FN3O2.ClH/c19-16-4-2-14(3-5-16)17(23)21-10-1-11-22(13-12-21)18(24)15-6-8-20-9-7-15;/h2-5,15,20H,1,6-13H2;1H. The molecule has 3 rings (SSSR count). The number of benzene rings is 1. The number of hydrogen-bond acceptors (Lipinski definition) is 3. The van der Waals surface area contributed by atoms with E-state index in [4.69, 9.17) is 0 Å². The lowest BCUT2D eigenvalue weighted by Gasteiger charge is -2.28. The maximum atomic E-state index is 13.0. The van der Waals surface area contributed by atoms with Crippen molar-refractivity contribution in [2.45, 2.75) is 19.3 Å². The predicted octanol–water partition coefficient (Wildman–Crippen LogP) is 1.92. The van der Waals surface area contributed by atoms with Crippen LogP contribution in [0.5, 0.6) is 0 Å². The molecule has 2 heterocycles. The van der Waals surface area contributed by atoms with E-state index in [-0.39, 0.29) is 36.0 Å². The number of halogens is 2. The van der Waals surface area contributed by atoms with Crippen LogP contribution in [0.1, 0.15) is 29.6 Å².